The van der Waals surface area contributed by atoms with Crippen LogP contribution in [0.25, 0.3) is 0 Å². The molecular formula is C12H13N3O. The lowest BCUT2D eigenvalue weighted by Crippen LogP contribution is -1.98. The molecule has 2 N–H and O–H groups in total. The molecule has 1 aromatic heterocycles. The van der Waals surface area contributed by atoms with Gasteiger partial charge in [-0.2, -0.15) is 0 Å². The molecule has 0 aliphatic carbocycles. The summed E-state index contributed by atoms with van der Waals surface area (Å²) in [5.41, 5.74) is 7.57. The molecule has 0 aliphatic heterocycles. The highest BCUT2D eigenvalue weighted by molar-refractivity contribution is 5.38. The SMILES string of the molecule is COc1ccccc1Cc1cc(N)ncn1. The summed E-state index contributed by atoms with van der Waals surface area (Å²) in [4.78, 5) is 8.02. The lowest BCUT2D eigenvalue weighted by Gasteiger charge is -2.07. The van der Waals surface area contributed by atoms with Gasteiger partial charge < -0.3 is 10.5 Å². The van der Waals surface area contributed by atoms with E-state index >= 15 is 0 Å². The van der Waals surface area contributed by atoms with E-state index in [4.69, 9.17) is 10.5 Å². The van der Waals surface area contributed by atoms with E-state index in [0.717, 1.165) is 17.0 Å². The monoisotopic (exact) mass is 215 g/mol. The van der Waals surface area contributed by atoms with Crippen molar-refractivity contribution >= 4 is 5.82 Å². The van der Waals surface area contributed by atoms with Crippen molar-refractivity contribution in [3.63, 3.8) is 0 Å². The fraction of sp³-hybridized carbons (Fsp3) is 0.167. The van der Waals surface area contributed by atoms with Crippen molar-refractivity contribution in [1.29, 1.82) is 0 Å². The topological polar surface area (TPSA) is 61.0 Å². The predicted molar refractivity (Wildman–Crippen MR) is 62.2 cm³/mol. The Balaban J connectivity index is 2.26. The minimum atomic E-state index is 0.486. The average Bonchev–Trinajstić information content (AvgIpc) is 2.30. The van der Waals surface area contributed by atoms with E-state index in [1.807, 2.05) is 24.3 Å². The van der Waals surface area contributed by atoms with Crippen LogP contribution in [-0.2, 0) is 6.42 Å². The summed E-state index contributed by atoms with van der Waals surface area (Å²) in [5.74, 6) is 1.35. The van der Waals surface area contributed by atoms with Crippen molar-refractivity contribution in [2.45, 2.75) is 6.42 Å². The molecule has 2 aromatic rings. The van der Waals surface area contributed by atoms with Crippen LogP contribution in [0.4, 0.5) is 5.82 Å². The summed E-state index contributed by atoms with van der Waals surface area (Å²) in [6.45, 7) is 0. The van der Waals surface area contributed by atoms with E-state index < -0.39 is 0 Å². The molecule has 82 valence electrons. The summed E-state index contributed by atoms with van der Waals surface area (Å²) >= 11 is 0. The summed E-state index contributed by atoms with van der Waals surface area (Å²) in [6, 6.07) is 9.63. The molecule has 0 amide bonds. The van der Waals surface area contributed by atoms with Gasteiger partial charge in [-0.25, -0.2) is 9.97 Å². The number of nitrogen functional groups attached to an aromatic ring is 1. The summed E-state index contributed by atoms with van der Waals surface area (Å²) in [5, 5.41) is 0. The first kappa shape index (κ1) is 10.4. The summed E-state index contributed by atoms with van der Waals surface area (Å²) < 4.78 is 5.27. The van der Waals surface area contributed by atoms with Crippen molar-refractivity contribution in [1.82, 2.24) is 9.97 Å². The fourth-order valence-electron chi connectivity index (χ4n) is 1.56. The molecule has 1 heterocycles. The number of anilines is 1. The molecule has 4 heteroatoms. The second-order valence-corrected chi connectivity index (χ2v) is 3.42. The van der Waals surface area contributed by atoms with Gasteiger partial charge in [-0.3, -0.25) is 0 Å². The van der Waals surface area contributed by atoms with E-state index in [1.54, 1.807) is 13.2 Å². The van der Waals surface area contributed by atoms with E-state index in [9.17, 15) is 0 Å². The molecule has 0 spiro atoms. The highest BCUT2D eigenvalue weighted by Crippen LogP contribution is 2.20. The Morgan fingerprint density at radius 1 is 1.25 bits per heavy atom. The number of hydrogen-bond acceptors (Lipinski definition) is 4. The molecule has 1 aromatic carbocycles. The van der Waals surface area contributed by atoms with Gasteiger partial charge in [0.2, 0.25) is 0 Å². The number of para-hydroxylation sites is 1. The van der Waals surface area contributed by atoms with Gasteiger partial charge in [-0.05, 0) is 6.07 Å². The predicted octanol–water partition coefficient (Wildman–Crippen LogP) is 1.66. The van der Waals surface area contributed by atoms with Gasteiger partial charge in [0.1, 0.15) is 17.9 Å². The van der Waals surface area contributed by atoms with E-state index in [-0.39, 0.29) is 0 Å². The van der Waals surface area contributed by atoms with Crippen LogP contribution < -0.4 is 10.5 Å². The zero-order chi connectivity index (χ0) is 11.4. The van der Waals surface area contributed by atoms with E-state index in [2.05, 4.69) is 9.97 Å². The minimum absolute atomic E-state index is 0.486. The second kappa shape index (κ2) is 4.61. The Kier molecular flexibility index (Phi) is 3.00. The molecule has 4 nitrogen and oxygen atoms in total. The van der Waals surface area contributed by atoms with Crippen molar-refractivity contribution in [2.24, 2.45) is 0 Å². The van der Waals surface area contributed by atoms with Crippen LogP contribution in [0.1, 0.15) is 11.3 Å². The average molecular weight is 215 g/mol. The third-order valence-electron chi connectivity index (χ3n) is 2.31. The van der Waals surface area contributed by atoms with E-state index in [0.29, 0.717) is 12.2 Å². The van der Waals surface area contributed by atoms with Crippen LogP contribution in [0.15, 0.2) is 36.7 Å². The molecule has 0 atom stereocenters. The molecule has 0 saturated carbocycles. The molecule has 16 heavy (non-hydrogen) atoms. The molecule has 0 saturated heterocycles. The maximum atomic E-state index is 5.60. The van der Waals surface area contributed by atoms with E-state index in [1.165, 1.54) is 6.33 Å². The van der Waals surface area contributed by atoms with Crippen LogP contribution in [0.2, 0.25) is 0 Å². The van der Waals surface area contributed by atoms with Crippen LogP contribution in [-0.4, -0.2) is 17.1 Å². The van der Waals surface area contributed by atoms with Crippen molar-refractivity contribution < 1.29 is 4.74 Å². The first-order valence-electron chi connectivity index (χ1n) is 4.98. The van der Waals surface area contributed by atoms with Gasteiger partial charge >= 0.3 is 0 Å². The van der Waals surface area contributed by atoms with Gasteiger partial charge in [0.15, 0.2) is 0 Å². The molecule has 0 radical (unpaired) electrons. The van der Waals surface area contributed by atoms with Crippen LogP contribution in [0.3, 0.4) is 0 Å². The van der Waals surface area contributed by atoms with Gasteiger partial charge in [-0.15, -0.1) is 0 Å². The lowest BCUT2D eigenvalue weighted by molar-refractivity contribution is 0.410. The quantitative estimate of drug-likeness (QED) is 0.845. The Labute approximate surface area is 94.1 Å². The highest BCUT2D eigenvalue weighted by Gasteiger charge is 2.04. The number of methoxy groups -OCH3 is 1. The molecular weight excluding hydrogens is 202 g/mol. The van der Waals surface area contributed by atoms with Gasteiger partial charge in [0.05, 0.1) is 12.8 Å². The van der Waals surface area contributed by atoms with Crippen LogP contribution >= 0.6 is 0 Å². The number of ether oxygens (including phenoxy) is 1. The maximum Gasteiger partial charge on any atom is 0.127 e. The maximum absolute atomic E-state index is 5.60. The standard InChI is InChI=1S/C12H13N3O/c1-16-11-5-3-2-4-9(11)6-10-7-12(13)15-8-14-10/h2-5,7-8H,6H2,1H3,(H2,13,14,15). The number of hydrogen-bond donors (Lipinski definition) is 1. The molecule has 0 unspecified atom stereocenters. The van der Waals surface area contributed by atoms with Gasteiger partial charge in [0.25, 0.3) is 0 Å². The number of nitrogens with two attached hydrogens (primary N) is 1. The number of nitrogens with zero attached hydrogens (tertiary/aromatic N) is 2. The molecule has 0 bridgehead atoms. The van der Waals surface area contributed by atoms with Crippen molar-refractivity contribution in [3.8, 4) is 5.75 Å². The third kappa shape index (κ3) is 2.28. The molecule has 0 aliphatic rings. The Morgan fingerprint density at radius 2 is 2.06 bits per heavy atom. The summed E-state index contributed by atoms with van der Waals surface area (Å²) in [6.07, 6.45) is 2.16. The Hall–Kier alpha value is -2.10. The van der Waals surface area contributed by atoms with Gasteiger partial charge in [-0.1, -0.05) is 18.2 Å². The smallest absolute Gasteiger partial charge is 0.127 e. The number of aromatic nitrogens is 2. The fourth-order valence-corrected chi connectivity index (χ4v) is 1.56. The van der Waals surface area contributed by atoms with Crippen molar-refractivity contribution in [2.75, 3.05) is 12.8 Å². The lowest BCUT2D eigenvalue weighted by atomic mass is 10.1. The first-order chi connectivity index (χ1) is 7.79. The minimum Gasteiger partial charge on any atom is -0.496 e. The first-order valence-corrected chi connectivity index (χ1v) is 4.98. The zero-order valence-electron chi connectivity index (χ0n) is 9.05. The summed E-state index contributed by atoms with van der Waals surface area (Å²) in [7, 11) is 1.66. The number of rotatable bonds is 3. The Morgan fingerprint density at radius 3 is 2.81 bits per heavy atom. The molecule has 2 rings (SSSR count). The highest BCUT2D eigenvalue weighted by atomic mass is 16.5. The zero-order valence-corrected chi connectivity index (χ0v) is 9.05. The van der Waals surface area contributed by atoms with Gasteiger partial charge in [0, 0.05) is 18.1 Å². The second-order valence-electron chi connectivity index (χ2n) is 3.42. The third-order valence-corrected chi connectivity index (χ3v) is 2.31. The number of benzene rings is 1. The Bertz CT molecular complexity index is 485. The van der Waals surface area contributed by atoms with Crippen LogP contribution in [0.5, 0.6) is 5.75 Å². The normalized spacial score (nSPS) is 10.1. The van der Waals surface area contributed by atoms with Crippen molar-refractivity contribution in [3.05, 3.63) is 47.9 Å². The molecule has 0 fully saturated rings. The largest absolute Gasteiger partial charge is 0.496 e. The van der Waals surface area contributed by atoms with Crippen LogP contribution in [0, 0.1) is 0 Å².